The monoisotopic (exact) mass is 177 g/mol. The second-order valence-electron chi connectivity index (χ2n) is 2.77. The van der Waals surface area contributed by atoms with Gasteiger partial charge < -0.3 is 5.73 Å². The average molecular weight is 177 g/mol. The van der Waals surface area contributed by atoms with Crippen molar-refractivity contribution in [3.8, 4) is 0 Å². The second-order valence-corrected chi connectivity index (χ2v) is 2.77. The molecule has 0 saturated carbocycles. The van der Waals surface area contributed by atoms with Crippen molar-refractivity contribution >= 4 is 11.7 Å². The van der Waals surface area contributed by atoms with Crippen molar-refractivity contribution < 1.29 is 9.59 Å². The fourth-order valence-electron chi connectivity index (χ4n) is 1.03. The van der Waals surface area contributed by atoms with Gasteiger partial charge in [0, 0.05) is 6.42 Å². The molecule has 2 N–H and O–H groups in total. The lowest BCUT2D eigenvalue weighted by Gasteiger charge is -1.97. The van der Waals surface area contributed by atoms with Gasteiger partial charge in [0.15, 0.2) is 0 Å². The highest BCUT2D eigenvalue weighted by molar-refractivity contribution is 6.35. The number of nitrogens with two attached hydrogens (primary N) is 1. The van der Waals surface area contributed by atoms with Gasteiger partial charge in [-0.15, -0.1) is 0 Å². The maximum absolute atomic E-state index is 10.8. The summed E-state index contributed by atoms with van der Waals surface area (Å²) in [7, 11) is 0. The summed E-state index contributed by atoms with van der Waals surface area (Å²) in [6, 6.07) is 9.51. The van der Waals surface area contributed by atoms with E-state index >= 15 is 0 Å². The molecule has 13 heavy (non-hydrogen) atoms. The Morgan fingerprint density at radius 3 is 2.31 bits per heavy atom. The predicted octanol–water partition coefficient (Wildman–Crippen LogP) is 0.674. The quantitative estimate of drug-likeness (QED) is 0.687. The molecule has 68 valence electrons. The van der Waals surface area contributed by atoms with E-state index < -0.39 is 11.7 Å². The number of carbonyl (C=O) groups is 2. The lowest BCUT2D eigenvalue weighted by molar-refractivity contribution is -0.135. The number of Topliss-reactive ketones (excluding diaryl/α,β-unsaturated/α-hetero) is 1. The van der Waals surface area contributed by atoms with Crippen molar-refractivity contribution in [3.63, 3.8) is 0 Å². The molecule has 0 saturated heterocycles. The van der Waals surface area contributed by atoms with Crippen LogP contribution in [0.2, 0.25) is 0 Å². The smallest absolute Gasteiger partial charge is 0.284 e. The first-order valence-electron chi connectivity index (χ1n) is 4.06. The lowest BCUT2D eigenvalue weighted by atomic mass is 10.1. The SMILES string of the molecule is NC(=O)C(=O)CCc1ccccc1. The van der Waals surface area contributed by atoms with Crippen LogP contribution in [-0.2, 0) is 16.0 Å². The fourth-order valence-corrected chi connectivity index (χ4v) is 1.03. The van der Waals surface area contributed by atoms with Gasteiger partial charge in [-0.05, 0) is 12.0 Å². The zero-order chi connectivity index (χ0) is 9.68. The summed E-state index contributed by atoms with van der Waals surface area (Å²) in [5.41, 5.74) is 5.85. The van der Waals surface area contributed by atoms with Crippen molar-refractivity contribution in [2.75, 3.05) is 0 Å². The van der Waals surface area contributed by atoms with E-state index in [-0.39, 0.29) is 6.42 Å². The fraction of sp³-hybridized carbons (Fsp3) is 0.200. The maximum atomic E-state index is 10.8. The molecule has 1 rings (SSSR count). The summed E-state index contributed by atoms with van der Waals surface area (Å²) in [4.78, 5) is 21.2. The van der Waals surface area contributed by atoms with Gasteiger partial charge in [-0.2, -0.15) is 0 Å². The number of carbonyl (C=O) groups excluding carboxylic acids is 2. The van der Waals surface area contributed by atoms with Crippen molar-refractivity contribution in [1.29, 1.82) is 0 Å². The van der Waals surface area contributed by atoms with Crippen molar-refractivity contribution in [2.45, 2.75) is 12.8 Å². The van der Waals surface area contributed by atoms with E-state index in [2.05, 4.69) is 0 Å². The third-order valence-corrected chi connectivity index (χ3v) is 1.76. The highest BCUT2D eigenvalue weighted by atomic mass is 16.2. The summed E-state index contributed by atoms with van der Waals surface area (Å²) in [6.07, 6.45) is 0.766. The molecule has 0 aliphatic heterocycles. The van der Waals surface area contributed by atoms with Crippen LogP contribution in [0.5, 0.6) is 0 Å². The first-order chi connectivity index (χ1) is 6.20. The highest BCUT2D eigenvalue weighted by Crippen LogP contribution is 2.02. The summed E-state index contributed by atoms with van der Waals surface area (Å²) >= 11 is 0. The third-order valence-electron chi connectivity index (χ3n) is 1.76. The number of hydrogen-bond acceptors (Lipinski definition) is 2. The van der Waals surface area contributed by atoms with Gasteiger partial charge in [-0.25, -0.2) is 0 Å². The molecular formula is C10H11NO2. The Labute approximate surface area is 76.6 Å². The Morgan fingerprint density at radius 2 is 1.77 bits per heavy atom. The number of ketones is 1. The molecule has 0 aliphatic rings. The predicted molar refractivity (Wildman–Crippen MR) is 49.0 cm³/mol. The topological polar surface area (TPSA) is 60.2 Å². The molecule has 0 bridgehead atoms. The Bertz CT molecular complexity index is 306. The summed E-state index contributed by atoms with van der Waals surface area (Å²) in [6.45, 7) is 0. The van der Waals surface area contributed by atoms with Crippen molar-refractivity contribution in [2.24, 2.45) is 5.73 Å². The molecule has 0 aromatic heterocycles. The third kappa shape index (κ3) is 3.07. The van der Waals surface area contributed by atoms with E-state index in [9.17, 15) is 9.59 Å². The summed E-state index contributed by atoms with van der Waals surface area (Å²) in [5.74, 6) is -1.36. The molecule has 3 nitrogen and oxygen atoms in total. The van der Waals surface area contributed by atoms with Gasteiger partial charge in [0.2, 0.25) is 5.78 Å². The van der Waals surface area contributed by atoms with Gasteiger partial charge in [-0.3, -0.25) is 9.59 Å². The number of hydrogen-bond donors (Lipinski definition) is 1. The number of aryl methyl sites for hydroxylation is 1. The summed E-state index contributed by atoms with van der Waals surface area (Å²) < 4.78 is 0. The maximum Gasteiger partial charge on any atom is 0.284 e. The van der Waals surface area contributed by atoms with Crippen LogP contribution in [0.1, 0.15) is 12.0 Å². The van der Waals surface area contributed by atoms with Crippen molar-refractivity contribution in [1.82, 2.24) is 0 Å². The van der Waals surface area contributed by atoms with Gasteiger partial charge in [0.25, 0.3) is 5.91 Å². The lowest BCUT2D eigenvalue weighted by Crippen LogP contribution is -2.23. The van der Waals surface area contributed by atoms with Crippen LogP contribution < -0.4 is 5.73 Å². The molecule has 0 atom stereocenters. The highest BCUT2D eigenvalue weighted by Gasteiger charge is 2.07. The normalized spacial score (nSPS) is 9.54. The van der Waals surface area contributed by atoms with Crippen LogP contribution in [0.3, 0.4) is 0 Å². The van der Waals surface area contributed by atoms with Crippen LogP contribution >= 0.6 is 0 Å². The molecule has 3 heteroatoms. The Kier molecular flexibility index (Phi) is 3.20. The van der Waals surface area contributed by atoms with Gasteiger partial charge in [0.05, 0.1) is 0 Å². The number of rotatable bonds is 4. The largest absolute Gasteiger partial charge is 0.363 e. The molecule has 0 unspecified atom stereocenters. The number of primary amides is 1. The molecule has 1 aromatic rings. The Hall–Kier alpha value is -1.64. The molecule has 0 spiro atoms. The number of amides is 1. The minimum atomic E-state index is -0.851. The Morgan fingerprint density at radius 1 is 1.15 bits per heavy atom. The van der Waals surface area contributed by atoms with E-state index in [4.69, 9.17) is 5.73 Å². The minimum absolute atomic E-state index is 0.194. The van der Waals surface area contributed by atoms with E-state index in [1.165, 1.54) is 0 Å². The first kappa shape index (κ1) is 9.45. The molecule has 1 amide bonds. The first-order valence-corrected chi connectivity index (χ1v) is 4.06. The van der Waals surface area contributed by atoms with Gasteiger partial charge in [0.1, 0.15) is 0 Å². The average Bonchev–Trinajstić information content (AvgIpc) is 2.15. The van der Waals surface area contributed by atoms with E-state index in [0.717, 1.165) is 5.56 Å². The zero-order valence-electron chi connectivity index (χ0n) is 7.19. The van der Waals surface area contributed by atoms with Crippen LogP contribution in [0.15, 0.2) is 30.3 Å². The summed E-state index contributed by atoms with van der Waals surface area (Å²) in [5, 5.41) is 0. The molecule has 0 radical (unpaired) electrons. The molecule has 0 aliphatic carbocycles. The Balaban J connectivity index is 2.44. The molecule has 1 aromatic carbocycles. The van der Waals surface area contributed by atoms with E-state index in [1.54, 1.807) is 0 Å². The van der Waals surface area contributed by atoms with Gasteiger partial charge >= 0.3 is 0 Å². The molecule has 0 heterocycles. The van der Waals surface area contributed by atoms with Gasteiger partial charge in [-0.1, -0.05) is 30.3 Å². The van der Waals surface area contributed by atoms with Crippen LogP contribution in [0.4, 0.5) is 0 Å². The van der Waals surface area contributed by atoms with Crippen LogP contribution in [0, 0.1) is 0 Å². The standard InChI is InChI=1S/C10H11NO2/c11-10(13)9(12)7-6-8-4-2-1-3-5-8/h1-5H,6-7H2,(H2,11,13). The van der Waals surface area contributed by atoms with Crippen molar-refractivity contribution in [3.05, 3.63) is 35.9 Å². The molecule has 0 fully saturated rings. The number of benzene rings is 1. The van der Waals surface area contributed by atoms with E-state index in [1.807, 2.05) is 30.3 Å². The van der Waals surface area contributed by atoms with Crippen LogP contribution in [-0.4, -0.2) is 11.7 Å². The minimum Gasteiger partial charge on any atom is -0.363 e. The molecular weight excluding hydrogens is 166 g/mol. The van der Waals surface area contributed by atoms with E-state index in [0.29, 0.717) is 6.42 Å². The zero-order valence-corrected chi connectivity index (χ0v) is 7.19. The second kappa shape index (κ2) is 4.40. The van der Waals surface area contributed by atoms with Crippen LogP contribution in [0.25, 0.3) is 0 Å².